The molecule has 0 bridgehead atoms. The Bertz CT molecular complexity index is 368. The van der Waals surface area contributed by atoms with Crippen LogP contribution in [-0.4, -0.2) is 24.0 Å². The molecule has 0 amide bonds. The molecule has 1 aliphatic rings. The Labute approximate surface area is 109 Å². The molecule has 17 heavy (non-hydrogen) atoms. The second kappa shape index (κ2) is 5.09. The van der Waals surface area contributed by atoms with Crippen molar-refractivity contribution in [2.45, 2.75) is 51.7 Å². The topological polar surface area (TPSA) is 29.3 Å². The molecule has 1 aromatic rings. The van der Waals surface area contributed by atoms with Gasteiger partial charge in [-0.2, -0.15) is 0 Å². The molecule has 2 N–H and O–H groups in total. The Balaban J connectivity index is 2.16. The number of likely N-dealkylation sites (N-methyl/N-ethyl adjacent to an activating group) is 1. The van der Waals surface area contributed by atoms with E-state index in [4.69, 9.17) is 5.73 Å². The first-order chi connectivity index (χ1) is 8.00. The van der Waals surface area contributed by atoms with Gasteiger partial charge in [0.25, 0.3) is 0 Å². The molecule has 96 valence electrons. The lowest BCUT2D eigenvalue weighted by atomic mass is 10.0. The Morgan fingerprint density at radius 2 is 2.00 bits per heavy atom. The van der Waals surface area contributed by atoms with Gasteiger partial charge in [-0.05, 0) is 58.7 Å². The second-order valence-corrected chi connectivity index (χ2v) is 6.82. The van der Waals surface area contributed by atoms with Crippen molar-refractivity contribution in [1.82, 2.24) is 4.90 Å². The summed E-state index contributed by atoms with van der Waals surface area (Å²) in [7, 11) is 2.23. The molecular formula is C14H24N2S. The van der Waals surface area contributed by atoms with Crippen molar-refractivity contribution in [2.75, 3.05) is 7.05 Å². The van der Waals surface area contributed by atoms with E-state index in [9.17, 15) is 0 Å². The van der Waals surface area contributed by atoms with Gasteiger partial charge >= 0.3 is 0 Å². The zero-order valence-corrected chi connectivity index (χ0v) is 12.1. The smallest absolute Gasteiger partial charge is 0.0590 e. The number of nitrogens with two attached hydrogens (primary N) is 1. The molecule has 2 nitrogen and oxygen atoms in total. The highest BCUT2D eigenvalue weighted by molar-refractivity contribution is 7.12. The highest BCUT2D eigenvalue weighted by Gasteiger charge is 2.35. The van der Waals surface area contributed by atoms with Crippen LogP contribution in [0, 0.1) is 12.8 Å². The van der Waals surface area contributed by atoms with Gasteiger partial charge in [-0.1, -0.05) is 0 Å². The highest BCUT2D eigenvalue weighted by Crippen LogP contribution is 2.39. The zero-order valence-electron chi connectivity index (χ0n) is 11.3. The van der Waals surface area contributed by atoms with Gasteiger partial charge < -0.3 is 5.73 Å². The average molecular weight is 252 g/mol. The summed E-state index contributed by atoms with van der Waals surface area (Å²) in [6.45, 7) is 6.63. The zero-order chi connectivity index (χ0) is 12.6. The lowest BCUT2D eigenvalue weighted by molar-refractivity contribution is 0.152. The van der Waals surface area contributed by atoms with Gasteiger partial charge in [0.15, 0.2) is 0 Å². The summed E-state index contributed by atoms with van der Waals surface area (Å²) in [5.74, 6) is 0.891. The van der Waals surface area contributed by atoms with Crippen molar-refractivity contribution in [1.29, 1.82) is 0 Å². The minimum atomic E-state index is 0.180. The van der Waals surface area contributed by atoms with Gasteiger partial charge in [0.05, 0.1) is 6.04 Å². The van der Waals surface area contributed by atoms with E-state index in [0.717, 1.165) is 5.92 Å². The molecule has 0 radical (unpaired) electrons. The number of nitrogens with zero attached hydrogens (tertiary/aromatic N) is 1. The molecule has 3 heteroatoms. The van der Waals surface area contributed by atoms with Crippen molar-refractivity contribution in [3.8, 4) is 0 Å². The maximum absolute atomic E-state index is 6.20. The van der Waals surface area contributed by atoms with Crippen LogP contribution in [0.5, 0.6) is 0 Å². The number of thiophene rings is 1. The van der Waals surface area contributed by atoms with Crippen molar-refractivity contribution in [2.24, 2.45) is 11.7 Å². The maximum Gasteiger partial charge on any atom is 0.0590 e. The fourth-order valence-electron chi connectivity index (χ4n) is 2.61. The maximum atomic E-state index is 6.20. The second-order valence-electron chi connectivity index (χ2n) is 5.50. The quantitative estimate of drug-likeness (QED) is 0.872. The van der Waals surface area contributed by atoms with Crippen molar-refractivity contribution in [3.63, 3.8) is 0 Å². The minimum absolute atomic E-state index is 0.180. The first-order valence-electron chi connectivity index (χ1n) is 6.54. The van der Waals surface area contributed by atoms with E-state index in [2.05, 4.69) is 44.9 Å². The van der Waals surface area contributed by atoms with E-state index in [-0.39, 0.29) is 6.04 Å². The standard InChI is InChI=1S/C14H24N2S/c1-9-5-8-13(17-9)14(10(2)15)16(4)11(3)12-6-7-12/h5,8,10-12,14H,6-7,15H2,1-4H3. The van der Waals surface area contributed by atoms with Gasteiger partial charge in [0, 0.05) is 21.8 Å². The van der Waals surface area contributed by atoms with Crippen molar-refractivity contribution in [3.05, 3.63) is 21.9 Å². The first kappa shape index (κ1) is 13.1. The molecule has 1 aliphatic carbocycles. The molecule has 1 aromatic heterocycles. The molecule has 0 aliphatic heterocycles. The van der Waals surface area contributed by atoms with Crippen LogP contribution in [0.3, 0.4) is 0 Å². The van der Waals surface area contributed by atoms with E-state index in [0.29, 0.717) is 12.1 Å². The lowest BCUT2D eigenvalue weighted by Gasteiger charge is -2.35. The van der Waals surface area contributed by atoms with E-state index < -0.39 is 0 Å². The monoisotopic (exact) mass is 252 g/mol. The van der Waals surface area contributed by atoms with Crippen LogP contribution in [0.25, 0.3) is 0 Å². The fourth-order valence-corrected chi connectivity index (χ4v) is 3.75. The predicted molar refractivity (Wildman–Crippen MR) is 75.4 cm³/mol. The largest absolute Gasteiger partial charge is 0.326 e. The van der Waals surface area contributed by atoms with Crippen molar-refractivity contribution < 1.29 is 0 Å². The van der Waals surface area contributed by atoms with Crippen LogP contribution < -0.4 is 5.73 Å². The number of hydrogen-bond donors (Lipinski definition) is 1. The summed E-state index contributed by atoms with van der Waals surface area (Å²) in [5.41, 5.74) is 6.20. The van der Waals surface area contributed by atoms with Crippen LogP contribution in [-0.2, 0) is 0 Å². The van der Waals surface area contributed by atoms with Crippen LogP contribution in [0.4, 0.5) is 0 Å². The summed E-state index contributed by atoms with van der Waals surface area (Å²) in [6, 6.07) is 5.63. The van der Waals surface area contributed by atoms with E-state index in [1.807, 2.05) is 11.3 Å². The molecule has 0 aromatic carbocycles. The van der Waals surface area contributed by atoms with Gasteiger partial charge in [0.2, 0.25) is 0 Å². The SMILES string of the molecule is Cc1ccc(C(C(C)N)N(C)C(C)C2CC2)s1. The van der Waals surface area contributed by atoms with Crippen LogP contribution >= 0.6 is 11.3 Å². The highest BCUT2D eigenvalue weighted by atomic mass is 32.1. The number of aryl methyl sites for hydroxylation is 1. The Morgan fingerprint density at radius 1 is 1.35 bits per heavy atom. The van der Waals surface area contributed by atoms with Crippen molar-refractivity contribution >= 4 is 11.3 Å². The predicted octanol–water partition coefficient (Wildman–Crippen LogP) is 3.18. The number of rotatable bonds is 5. The summed E-state index contributed by atoms with van der Waals surface area (Å²) < 4.78 is 0. The van der Waals surface area contributed by atoms with Gasteiger partial charge in [-0.15, -0.1) is 11.3 Å². The summed E-state index contributed by atoms with van der Waals surface area (Å²) in [4.78, 5) is 5.26. The summed E-state index contributed by atoms with van der Waals surface area (Å²) >= 11 is 1.88. The molecule has 1 heterocycles. The Hall–Kier alpha value is -0.380. The van der Waals surface area contributed by atoms with E-state index in [1.165, 1.54) is 22.6 Å². The van der Waals surface area contributed by atoms with E-state index >= 15 is 0 Å². The lowest BCUT2D eigenvalue weighted by Crippen LogP contribution is -2.42. The van der Waals surface area contributed by atoms with Gasteiger partial charge in [-0.25, -0.2) is 0 Å². The normalized spacial score (nSPS) is 21.5. The summed E-state index contributed by atoms with van der Waals surface area (Å²) in [5, 5.41) is 0. The van der Waals surface area contributed by atoms with Crippen LogP contribution in [0.2, 0.25) is 0 Å². The number of hydrogen-bond acceptors (Lipinski definition) is 3. The average Bonchev–Trinajstić information content (AvgIpc) is 3.02. The molecule has 0 spiro atoms. The van der Waals surface area contributed by atoms with Gasteiger partial charge in [0.1, 0.15) is 0 Å². The molecule has 2 rings (SSSR count). The molecule has 1 saturated carbocycles. The Morgan fingerprint density at radius 3 is 2.41 bits per heavy atom. The third-order valence-electron chi connectivity index (χ3n) is 3.94. The molecule has 0 saturated heterocycles. The molecule has 1 fully saturated rings. The van der Waals surface area contributed by atoms with Crippen LogP contribution in [0.15, 0.2) is 12.1 Å². The third-order valence-corrected chi connectivity index (χ3v) is 5.01. The van der Waals surface area contributed by atoms with Crippen LogP contribution in [0.1, 0.15) is 42.5 Å². The first-order valence-corrected chi connectivity index (χ1v) is 7.36. The minimum Gasteiger partial charge on any atom is -0.326 e. The van der Waals surface area contributed by atoms with Gasteiger partial charge in [-0.3, -0.25) is 4.90 Å². The summed E-state index contributed by atoms with van der Waals surface area (Å²) in [6.07, 6.45) is 2.78. The molecule has 3 atom stereocenters. The third kappa shape index (κ3) is 2.90. The molecular weight excluding hydrogens is 228 g/mol. The van der Waals surface area contributed by atoms with E-state index in [1.54, 1.807) is 0 Å². The Kier molecular flexibility index (Phi) is 3.91. The molecule has 3 unspecified atom stereocenters. The fraction of sp³-hybridized carbons (Fsp3) is 0.714.